The van der Waals surface area contributed by atoms with Gasteiger partial charge in [-0.2, -0.15) is 18.2 Å². The Bertz CT molecular complexity index is 1330. The molecule has 1 fully saturated rings. The Morgan fingerprint density at radius 2 is 2.09 bits per heavy atom. The highest BCUT2D eigenvalue weighted by molar-refractivity contribution is 7.80. The Labute approximate surface area is 194 Å². The molecule has 0 aliphatic carbocycles. The van der Waals surface area contributed by atoms with E-state index in [1.54, 1.807) is 0 Å². The number of nitrogens with one attached hydrogen (secondary N) is 1. The molecule has 1 aliphatic heterocycles. The Hall–Kier alpha value is -3.74. The molecule has 34 heavy (non-hydrogen) atoms. The van der Waals surface area contributed by atoms with Crippen LogP contribution in [0.25, 0.3) is 0 Å². The van der Waals surface area contributed by atoms with Crippen LogP contribution >= 0.6 is 11.3 Å². The third-order valence-corrected chi connectivity index (χ3v) is 5.57. The lowest BCUT2D eigenvalue weighted by Gasteiger charge is -2.50. The van der Waals surface area contributed by atoms with Crippen molar-refractivity contribution in [1.29, 1.82) is 0 Å². The number of nitrogens with zero attached hydrogens (tertiary/aromatic N) is 4. The van der Waals surface area contributed by atoms with E-state index in [1.807, 2.05) is 0 Å². The van der Waals surface area contributed by atoms with E-state index in [2.05, 4.69) is 19.7 Å². The summed E-state index contributed by atoms with van der Waals surface area (Å²) >= 11 is 0.979. The van der Waals surface area contributed by atoms with E-state index < -0.39 is 57.3 Å². The zero-order chi connectivity index (χ0) is 25.4. The van der Waals surface area contributed by atoms with Gasteiger partial charge in [-0.25, -0.2) is 4.98 Å². The maximum atomic E-state index is 12.9. The predicted octanol–water partition coefficient (Wildman–Crippen LogP) is -1.41. The topological polar surface area (TPSA) is 236 Å². The van der Waals surface area contributed by atoms with Crippen molar-refractivity contribution in [2.75, 3.05) is 5.73 Å². The smallest absolute Gasteiger partial charge is 0.418 e. The third kappa shape index (κ3) is 5.09. The van der Waals surface area contributed by atoms with Crippen molar-refractivity contribution in [3.63, 3.8) is 0 Å². The van der Waals surface area contributed by atoms with Gasteiger partial charge in [0.05, 0.1) is 11.7 Å². The SMILES string of the molecule is CC1(C)[C@H](NC(=O)/C(=N/OCc2cc(=O)c(O)cn2O)c2csc(N)n2)C(=O)N1OS(=O)(=O)O. The van der Waals surface area contributed by atoms with E-state index in [9.17, 15) is 33.1 Å². The first-order chi connectivity index (χ1) is 15.7. The Morgan fingerprint density at radius 1 is 1.41 bits per heavy atom. The summed E-state index contributed by atoms with van der Waals surface area (Å²) in [7, 11) is -4.98. The highest BCUT2D eigenvalue weighted by Crippen LogP contribution is 2.32. The molecule has 1 saturated heterocycles. The molecule has 0 radical (unpaired) electrons. The predicted molar refractivity (Wildman–Crippen MR) is 113 cm³/mol. The molecule has 18 heteroatoms. The fraction of sp³-hybridized carbons (Fsp3) is 0.312. The van der Waals surface area contributed by atoms with Gasteiger partial charge in [0.15, 0.2) is 23.2 Å². The van der Waals surface area contributed by atoms with Crippen LogP contribution in [-0.2, 0) is 35.7 Å². The Morgan fingerprint density at radius 3 is 2.65 bits per heavy atom. The number of hydrogen-bond donors (Lipinski definition) is 5. The molecule has 2 amide bonds. The quantitative estimate of drug-likeness (QED) is 0.0891. The van der Waals surface area contributed by atoms with Crippen LogP contribution in [0.3, 0.4) is 0 Å². The lowest BCUT2D eigenvalue weighted by Crippen LogP contribution is -2.76. The second kappa shape index (κ2) is 8.89. The molecule has 0 spiro atoms. The van der Waals surface area contributed by atoms with Gasteiger partial charge < -0.3 is 26.2 Å². The number of hydroxylamine groups is 2. The zero-order valence-corrected chi connectivity index (χ0v) is 19.0. The minimum Gasteiger partial charge on any atom is -0.503 e. The monoisotopic (exact) mass is 518 g/mol. The van der Waals surface area contributed by atoms with Crippen LogP contribution in [0.15, 0.2) is 27.6 Å². The van der Waals surface area contributed by atoms with Crippen molar-refractivity contribution in [3.8, 4) is 5.75 Å². The highest BCUT2D eigenvalue weighted by Gasteiger charge is 2.58. The number of amides is 2. The zero-order valence-electron chi connectivity index (χ0n) is 17.4. The molecule has 3 rings (SSSR count). The van der Waals surface area contributed by atoms with Crippen molar-refractivity contribution in [2.45, 2.75) is 32.0 Å². The Kier molecular flexibility index (Phi) is 6.51. The first-order valence-electron chi connectivity index (χ1n) is 9.07. The number of aromatic hydroxyl groups is 1. The van der Waals surface area contributed by atoms with E-state index >= 15 is 0 Å². The molecular weight excluding hydrogens is 500 g/mol. The van der Waals surface area contributed by atoms with Crippen LogP contribution in [0, 0.1) is 0 Å². The number of nitrogens with two attached hydrogens (primary N) is 1. The summed E-state index contributed by atoms with van der Waals surface area (Å²) in [6.07, 6.45) is 0.740. The summed E-state index contributed by atoms with van der Waals surface area (Å²) in [6.45, 7) is 2.22. The number of β-lactam (4-membered cyclic amide) rings is 1. The molecule has 2 aromatic heterocycles. The fourth-order valence-electron chi connectivity index (χ4n) is 2.84. The number of pyridine rings is 1. The summed E-state index contributed by atoms with van der Waals surface area (Å²) in [5.41, 5.74) is 2.85. The number of anilines is 1. The molecule has 1 aliphatic rings. The summed E-state index contributed by atoms with van der Waals surface area (Å²) in [5, 5.41) is 26.9. The minimum atomic E-state index is -4.98. The summed E-state index contributed by atoms with van der Waals surface area (Å²) < 4.78 is 35.3. The summed E-state index contributed by atoms with van der Waals surface area (Å²) in [4.78, 5) is 45.7. The van der Waals surface area contributed by atoms with Crippen molar-refractivity contribution in [1.82, 2.24) is 20.1 Å². The maximum absolute atomic E-state index is 12.9. The first kappa shape index (κ1) is 24.9. The van der Waals surface area contributed by atoms with Crippen LogP contribution in [0.5, 0.6) is 5.75 Å². The number of thiazole rings is 1. The van der Waals surface area contributed by atoms with Crippen LogP contribution < -0.4 is 16.5 Å². The highest BCUT2D eigenvalue weighted by atomic mass is 32.3. The van der Waals surface area contributed by atoms with Crippen LogP contribution in [0.2, 0.25) is 0 Å². The van der Waals surface area contributed by atoms with Crippen LogP contribution in [0.1, 0.15) is 25.2 Å². The third-order valence-electron chi connectivity index (χ3n) is 4.56. The first-order valence-corrected chi connectivity index (χ1v) is 11.3. The van der Waals surface area contributed by atoms with Gasteiger partial charge in [0.25, 0.3) is 11.8 Å². The molecule has 0 unspecified atom stereocenters. The molecule has 16 nitrogen and oxygen atoms in total. The maximum Gasteiger partial charge on any atom is 0.418 e. The van der Waals surface area contributed by atoms with E-state index in [0.717, 1.165) is 23.6 Å². The van der Waals surface area contributed by atoms with Crippen LogP contribution in [0.4, 0.5) is 5.13 Å². The lowest BCUT2D eigenvalue weighted by atomic mass is 9.84. The van der Waals surface area contributed by atoms with E-state index in [-0.39, 0.29) is 16.5 Å². The molecule has 2 aromatic rings. The number of nitrogen functional groups attached to an aromatic ring is 1. The van der Waals surface area contributed by atoms with Gasteiger partial charge in [-0.1, -0.05) is 5.16 Å². The number of oxime groups is 1. The molecule has 0 saturated carbocycles. The summed E-state index contributed by atoms with van der Waals surface area (Å²) in [5.74, 6) is -2.63. The van der Waals surface area contributed by atoms with Gasteiger partial charge in [-0.3, -0.25) is 18.9 Å². The van der Waals surface area contributed by atoms with Gasteiger partial charge in [-0.05, 0) is 13.8 Å². The minimum absolute atomic E-state index is 0.0253. The number of hydrogen-bond acceptors (Lipinski definition) is 13. The molecule has 184 valence electrons. The van der Waals surface area contributed by atoms with Gasteiger partial charge >= 0.3 is 10.4 Å². The molecule has 1 atom stereocenters. The molecule has 0 aromatic carbocycles. The van der Waals surface area contributed by atoms with Gasteiger partial charge in [0, 0.05) is 11.4 Å². The normalized spacial score (nSPS) is 17.9. The largest absolute Gasteiger partial charge is 0.503 e. The Balaban J connectivity index is 1.80. The van der Waals surface area contributed by atoms with Crippen molar-refractivity contribution < 1.29 is 42.0 Å². The van der Waals surface area contributed by atoms with E-state index in [4.69, 9.17) is 15.1 Å². The molecule has 6 N–H and O–H groups in total. The second-order valence-electron chi connectivity index (χ2n) is 7.34. The molecule has 0 bridgehead atoms. The van der Waals surface area contributed by atoms with E-state index in [1.165, 1.54) is 19.2 Å². The second-order valence-corrected chi connectivity index (χ2v) is 9.23. The van der Waals surface area contributed by atoms with Gasteiger partial charge in [-0.15, -0.1) is 15.6 Å². The average Bonchev–Trinajstić information content (AvgIpc) is 3.16. The number of carbonyl (C=O) groups is 2. The number of aromatic nitrogens is 2. The number of rotatable bonds is 8. The van der Waals surface area contributed by atoms with Gasteiger partial charge in [0.1, 0.15) is 17.4 Å². The van der Waals surface area contributed by atoms with Crippen molar-refractivity contribution in [3.05, 3.63) is 39.3 Å². The lowest BCUT2D eigenvalue weighted by molar-refractivity contribution is -0.218. The van der Waals surface area contributed by atoms with Crippen molar-refractivity contribution >= 4 is 44.4 Å². The van der Waals surface area contributed by atoms with Gasteiger partial charge in [0.2, 0.25) is 5.43 Å². The van der Waals surface area contributed by atoms with Crippen LogP contribution in [-0.4, -0.2) is 67.2 Å². The fourth-order valence-corrected chi connectivity index (χ4v) is 3.85. The van der Waals surface area contributed by atoms with E-state index in [0.29, 0.717) is 9.79 Å². The number of carbonyl (C=O) groups excluding carboxylic acids is 2. The average molecular weight is 518 g/mol. The molecular formula is C16H18N6O10S2. The molecule has 3 heterocycles. The van der Waals surface area contributed by atoms with Crippen molar-refractivity contribution in [2.24, 2.45) is 5.16 Å². The standard InChI is InChI=1S/C16H18N6O10S2/c1-16(2)12(14(26)22(16)32-34(28,29)30)19-13(25)11(8-6-33-15(17)18-8)20-31-5-7-3-9(23)10(24)4-21(7)27/h3-4,6,12,24,27H,5H2,1-2H3,(H2,17,18)(H,19,25)(H,28,29,30)/b20-11+/t12-/m1/s1. The summed E-state index contributed by atoms with van der Waals surface area (Å²) in [6, 6.07) is -0.396.